The number of rotatable bonds is 2. The van der Waals surface area contributed by atoms with Crippen molar-refractivity contribution in [2.75, 3.05) is 39.8 Å². The molecule has 4 heteroatoms. The summed E-state index contributed by atoms with van der Waals surface area (Å²) in [6.45, 7) is 16.0. The largest absolute Gasteiger partial charge is 0.341 e. The molecule has 0 unspecified atom stereocenters. The molecule has 0 spiro atoms. The summed E-state index contributed by atoms with van der Waals surface area (Å²) >= 11 is 0. The topological polar surface area (TPSA) is 35.6 Å². The van der Waals surface area contributed by atoms with Crippen molar-refractivity contribution in [1.82, 2.24) is 15.1 Å². The molecule has 1 amide bonds. The van der Waals surface area contributed by atoms with E-state index >= 15 is 0 Å². The lowest BCUT2D eigenvalue weighted by atomic mass is 9.79. The molecule has 2 atom stereocenters. The average molecular weight is 309 g/mol. The van der Waals surface area contributed by atoms with Crippen LogP contribution in [0.2, 0.25) is 0 Å². The normalized spacial score (nSPS) is 30.4. The first kappa shape index (κ1) is 17.7. The molecule has 128 valence electrons. The third kappa shape index (κ3) is 4.23. The molecule has 2 rings (SSSR count). The molecule has 0 bridgehead atoms. The highest BCUT2D eigenvalue weighted by Gasteiger charge is 2.38. The first-order valence-electron chi connectivity index (χ1n) is 8.81. The predicted molar refractivity (Wildman–Crippen MR) is 91.8 cm³/mol. The molecule has 0 aromatic carbocycles. The third-order valence-electron chi connectivity index (χ3n) is 5.58. The number of hydrogen-bond acceptors (Lipinski definition) is 3. The minimum absolute atomic E-state index is 0.172. The van der Waals surface area contributed by atoms with Crippen LogP contribution in [-0.4, -0.2) is 61.0 Å². The van der Waals surface area contributed by atoms with Crippen LogP contribution in [0.4, 0.5) is 0 Å². The first-order chi connectivity index (χ1) is 10.1. The Balaban J connectivity index is 2.01. The second-order valence-electron chi connectivity index (χ2n) is 9.10. The van der Waals surface area contributed by atoms with Crippen LogP contribution in [0.15, 0.2) is 0 Å². The van der Waals surface area contributed by atoms with Gasteiger partial charge in [-0.15, -0.1) is 0 Å². The Morgan fingerprint density at radius 1 is 1.18 bits per heavy atom. The van der Waals surface area contributed by atoms with Gasteiger partial charge in [-0.2, -0.15) is 0 Å². The number of amides is 1. The van der Waals surface area contributed by atoms with Crippen molar-refractivity contribution in [3.63, 3.8) is 0 Å². The zero-order chi connectivity index (χ0) is 16.5. The SMILES string of the molecule is CN1CCN(C(=O)[C@@H]2CNC[C@H]2CC(C)(C)C)CCC1(C)C. The maximum Gasteiger partial charge on any atom is 0.227 e. The molecule has 0 aromatic heterocycles. The van der Waals surface area contributed by atoms with Crippen molar-refractivity contribution in [3.8, 4) is 0 Å². The van der Waals surface area contributed by atoms with Crippen molar-refractivity contribution in [2.45, 2.75) is 53.0 Å². The van der Waals surface area contributed by atoms with Gasteiger partial charge in [-0.05, 0) is 51.6 Å². The second kappa shape index (κ2) is 6.48. The fourth-order valence-corrected chi connectivity index (χ4v) is 3.76. The number of likely N-dealkylation sites (N-methyl/N-ethyl adjacent to an activating group) is 1. The maximum absolute atomic E-state index is 13.0. The lowest BCUT2D eigenvalue weighted by Crippen LogP contribution is -2.42. The van der Waals surface area contributed by atoms with Gasteiger partial charge in [0.25, 0.3) is 0 Å². The van der Waals surface area contributed by atoms with E-state index in [2.05, 4.69) is 56.8 Å². The summed E-state index contributed by atoms with van der Waals surface area (Å²) in [5.74, 6) is 1.04. The molecule has 2 aliphatic heterocycles. The van der Waals surface area contributed by atoms with Crippen LogP contribution in [0.1, 0.15) is 47.5 Å². The van der Waals surface area contributed by atoms with Gasteiger partial charge in [0.05, 0.1) is 5.92 Å². The molecule has 2 fully saturated rings. The fourth-order valence-electron chi connectivity index (χ4n) is 3.76. The van der Waals surface area contributed by atoms with Crippen LogP contribution in [-0.2, 0) is 4.79 Å². The van der Waals surface area contributed by atoms with Gasteiger partial charge in [0.15, 0.2) is 0 Å². The van der Waals surface area contributed by atoms with Crippen molar-refractivity contribution < 1.29 is 4.79 Å². The Bertz CT molecular complexity index is 400. The van der Waals surface area contributed by atoms with E-state index < -0.39 is 0 Å². The van der Waals surface area contributed by atoms with Crippen LogP contribution in [0.5, 0.6) is 0 Å². The van der Waals surface area contributed by atoms with Crippen molar-refractivity contribution in [2.24, 2.45) is 17.3 Å². The van der Waals surface area contributed by atoms with Gasteiger partial charge in [0.1, 0.15) is 0 Å². The van der Waals surface area contributed by atoms with Crippen LogP contribution in [0.3, 0.4) is 0 Å². The molecule has 0 radical (unpaired) electrons. The zero-order valence-electron chi connectivity index (χ0n) is 15.4. The quantitative estimate of drug-likeness (QED) is 0.849. The fraction of sp³-hybridized carbons (Fsp3) is 0.944. The van der Waals surface area contributed by atoms with Gasteiger partial charge in [-0.3, -0.25) is 9.69 Å². The Morgan fingerprint density at radius 3 is 2.50 bits per heavy atom. The van der Waals surface area contributed by atoms with Crippen LogP contribution >= 0.6 is 0 Å². The van der Waals surface area contributed by atoms with Gasteiger partial charge in [-0.25, -0.2) is 0 Å². The lowest BCUT2D eigenvalue weighted by molar-refractivity contribution is -0.136. The Kier molecular flexibility index (Phi) is 5.23. The Morgan fingerprint density at radius 2 is 1.86 bits per heavy atom. The molecule has 2 aliphatic rings. The smallest absolute Gasteiger partial charge is 0.227 e. The van der Waals surface area contributed by atoms with E-state index in [-0.39, 0.29) is 16.9 Å². The predicted octanol–water partition coefficient (Wildman–Crippen LogP) is 2.20. The summed E-state index contributed by atoms with van der Waals surface area (Å²) in [5.41, 5.74) is 0.476. The van der Waals surface area contributed by atoms with Gasteiger partial charge >= 0.3 is 0 Å². The van der Waals surface area contributed by atoms with Gasteiger partial charge < -0.3 is 10.2 Å². The number of carbonyl (C=O) groups excluding carboxylic acids is 1. The summed E-state index contributed by atoms with van der Waals surface area (Å²) in [6, 6.07) is 0. The van der Waals surface area contributed by atoms with Gasteiger partial charge in [0, 0.05) is 31.7 Å². The monoisotopic (exact) mass is 309 g/mol. The van der Waals surface area contributed by atoms with Gasteiger partial charge in [-0.1, -0.05) is 20.8 Å². The third-order valence-corrected chi connectivity index (χ3v) is 5.58. The summed E-state index contributed by atoms with van der Waals surface area (Å²) in [5, 5.41) is 3.45. The molecule has 0 saturated carbocycles. The minimum Gasteiger partial charge on any atom is -0.341 e. The number of nitrogens with zero attached hydrogens (tertiary/aromatic N) is 2. The van der Waals surface area contributed by atoms with Crippen LogP contribution in [0.25, 0.3) is 0 Å². The molecule has 0 aliphatic carbocycles. The van der Waals surface area contributed by atoms with E-state index in [1.807, 2.05) is 0 Å². The highest BCUT2D eigenvalue weighted by atomic mass is 16.2. The zero-order valence-corrected chi connectivity index (χ0v) is 15.4. The Labute approximate surface area is 136 Å². The van der Waals surface area contributed by atoms with Crippen molar-refractivity contribution >= 4 is 5.91 Å². The summed E-state index contributed by atoms with van der Waals surface area (Å²) in [6.07, 6.45) is 2.18. The number of carbonyl (C=O) groups is 1. The standard InChI is InChI=1S/C18H35N3O/c1-17(2,3)11-14-12-19-13-15(14)16(22)21-8-7-18(4,5)20(6)9-10-21/h14-15,19H,7-13H2,1-6H3/t14-,15-/m1/s1. The summed E-state index contributed by atoms with van der Waals surface area (Å²) in [4.78, 5) is 17.5. The van der Waals surface area contributed by atoms with E-state index in [4.69, 9.17) is 0 Å². The molecule has 4 nitrogen and oxygen atoms in total. The second-order valence-corrected chi connectivity index (χ2v) is 9.10. The number of nitrogens with one attached hydrogen (secondary N) is 1. The van der Waals surface area contributed by atoms with Crippen LogP contribution in [0, 0.1) is 17.3 Å². The Hall–Kier alpha value is -0.610. The highest BCUT2D eigenvalue weighted by molar-refractivity contribution is 5.80. The van der Waals surface area contributed by atoms with E-state index in [1.54, 1.807) is 0 Å². The van der Waals surface area contributed by atoms with Gasteiger partial charge in [0.2, 0.25) is 5.91 Å². The van der Waals surface area contributed by atoms with E-state index in [9.17, 15) is 4.79 Å². The lowest BCUT2D eigenvalue weighted by Gasteiger charge is -2.32. The summed E-state index contributed by atoms with van der Waals surface area (Å²) < 4.78 is 0. The average Bonchev–Trinajstić information content (AvgIpc) is 2.77. The van der Waals surface area contributed by atoms with E-state index in [0.717, 1.165) is 45.6 Å². The molecule has 22 heavy (non-hydrogen) atoms. The van der Waals surface area contributed by atoms with Crippen molar-refractivity contribution in [1.29, 1.82) is 0 Å². The molecular formula is C18H35N3O. The van der Waals surface area contributed by atoms with E-state index in [1.165, 1.54) is 0 Å². The molecule has 0 aromatic rings. The number of hydrogen-bond donors (Lipinski definition) is 1. The van der Waals surface area contributed by atoms with E-state index in [0.29, 0.717) is 11.8 Å². The minimum atomic E-state index is 0.172. The van der Waals surface area contributed by atoms with Crippen LogP contribution < -0.4 is 5.32 Å². The maximum atomic E-state index is 13.0. The summed E-state index contributed by atoms with van der Waals surface area (Å²) in [7, 11) is 2.17. The van der Waals surface area contributed by atoms with Crippen molar-refractivity contribution in [3.05, 3.63) is 0 Å². The highest BCUT2D eigenvalue weighted by Crippen LogP contribution is 2.32. The first-order valence-corrected chi connectivity index (χ1v) is 8.81. The molecular weight excluding hydrogens is 274 g/mol. The molecule has 2 heterocycles. The molecule has 2 saturated heterocycles. The molecule has 1 N–H and O–H groups in total.